The van der Waals surface area contributed by atoms with Crippen LogP contribution < -0.4 is 4.74 Å². The van der Waals surface area contributed by atoms with E-state index in [1.54, 1.807) is 0 Å². The minimum Gasteiger partial charge on any atom is -0.494 e. The third-order valence-electron chi connectivity index (χ3n) is 1.55. The lowest BCUT2D eigenvalue weighted by Gasteiger charge is -2.01. The van der Waals surface area contributed by atoms with Gasteiger partial charge >= 0.3 is 0 Å². The van der Waals surface area contributed by atoms with Crippen molar-refractivity contribution in [3.63, 3.8) is 0 Å². The Hall–Kier alpha value is -1.82. The van der Waals surface area contributed by atoms with Gasteiger partial charge in [0.25, 0.3) is 0 Å². The van der Waals surface area contributed by atoms with Gasteiger partial charge in [0.15, 0.2) is 11.6 Å². The molecule has 0 unspecified atom stereocenters. The van der Waals surface area contributed by atoms with Crippen LogP contribution >= 0.6 is 0 Å². The summed E-state index contributed by atoms with van der Waals surface area (Å²) in [6.07, 6.45) is 4.87. The monoisotopic (exact) mass is 178 g/mol. The van der Waals surface area contributed by atoms with Crippen molar-refractivity contribution in [3.05, 3.63) is 29.6 Å². The summed E-state index contributed by atoms with van der Waals surface area (Å²) in [5.41, 5.74) is 0.154. The third kappa shape index (κ3) is 1.85. The predicted octanol–water partition coefficient (Wildman–Crippen LogP) is 1.65. The molecule has 3 heteroatoms. The molecule has 0 radical (unpaired) electrons. The van der Waals surface area contributed by atoms with Crippen LogP contribution in [0.25, 0.3) is 0 Å². The van der Waals surface area contributed by atoms with E-state index in [0.717, 1.165) is 6.07 Å². The molecule has 0 N–H and O–H groups in total. The highest BCUT2D eigenvalue weighted by atomic mass is 19.1. The van der Waals surface area contributed by atoms with E-state index < -0.39 is 11.6 Å². The van der Waals surface area contributed by atoms with E-state index in [2.05, 4.69) is 4.74 Å². The summed E-state index contributed by atoms with van der Waals surface area (Å²) >= 11 is 0. The van der Waals surface area contributed by atoms with Crippen molar-refractivity contribution in [3.8, 4) is 18.1 Å². The largest absolute Gasteiger partial charge is 0.494 e. The lowest BCUT2D eigenvalue weighted by Crippen LogP contribution is -1.96. The lowest BCUT2D eigenvalue weighted by molar-refractivity contribution is 0.105. The summed E-state index contributed by atoms with van der Waals surface area (Å²) in [4.78, 5) is 10.9. The van der Waals surface area contributed by atoms with Gasteiger partial charge in [0.05, 0.1) is 7.11 Å². The summed E-state index contributed by atoms with van der Waals surface area (Å²) in [7, 11) is 1.35. The number of terminal acetylenes is 1. The molecule has 0 aliphatic heterocycles. The number of hydrogen-bond donors (Lipinski definition) is 0. The molecule has 0 saturated carbocycles. The number of benzene rings is 1. The Morgan fingerprint density at radius 3 is 2.77 bits per heavy atom. The van der Waals surface area contributed by atoms with Crippen LogP contribution in [0.4, 0.5) is 4.39 Å². The topological polar surface area (TPSA) is 26.3 Å². The van der Waals surface area contributed by atoms with Crippen molar-refractivity contribution < 1.29 is 13.9 Å². The molecule has 1 aromatic carbocycles. The number of halogens is 1. The average Bonchev–Trinajstić information content (AvgIpc) is 2.16. The van der Waals surface area contributed by atoms with Gasteiger partial charge in [0, 0.05) is 5.56 Å². The fourth-order valence-electron chi connectivity index (χ4n) is 0.891. The Morgan fingerprint density at radius 1 is 1.62 bits per heavy atom. The molecule has 0 atom stereocenters. The SMILES string of the molecule is C#CC(=O)c1ccc(OC)c(F)c1. The van der Waals surface area contributed by atoms with Crippen molar-refractivity contribution in [2.45, 2.75) is 0 Å². The van der Waals surface area contributed by atoms with Crippen molar-refractivity contribution in [2.75, 3.05) is 7.11 Å². The molecule has 66 valence electrons. The number of rotatable bonds is 2. The van der Waals surface area contributed by atoms with Gasteiger partial charge in [-0.2, -0.15) is 0 Å². The fourth-order valence-corrected chi connectivity index (χ4v) is 0.891. The summed E-state index contributed by atoms with van der Waals surface area (Å²) in [5, 5.41) is 0. The second-order valence-electron chi connectivity index (χ2n) is 2.32. The summed E-state index contributed by atoms with van der Waals surface area (Å²) < 4.78 is 17.7. The molecule has 0 amide bonds. The van der Waals surface area contributed by atoms with Crippen molar-refractivity contribution in [2.24, 2.45) is 0 Å². The molecular weight excluding hydrogens is 171 g/mol. The molecule has 0 bridgehead atoms. The van der Waals surface area contributed by atoms with Gasteiger partial charge in [-0.05, 0) is 24.1 Å². The highest BCUT2D eigenvalue weighted by Crippen LogP contribution is 2.17. The zero-order valence-electron chi connectivity index (χ0n) is 7.00. The smallest absolute Gasteiger partial charge is 0.235 e. The zero-order valence-corrected chi connectivity index (χ0v) is 7.00. The molecule has 1 aromatic rings. The number of carbonyl (C=O) groups excluding carboxylic acids is 1. The molecule has 0 aliphatic rings. The Morgan fingerprint density at radius 2 is 2.31 bits per heavy atom. The Labute approximate surface area is 75.3 Å². The molecular formula is C10H7FO2. The van der Waals surface area contributed by atoms with E-state index in [1.807, 2.05) is 5.92 Å². The Kier molecular flexibility index (Phi) is 2.65. The maximum Gasteiger partial charge on any atom is 0.235 e. The molecule has 0 aromatic heterocycles. The summed E-state index contributed by atoms with van der Waals surface area (Å²) in [5.74, 6) is 0.857. The number of Topliss-reactive ketones (excluding diaryl/α,β-unsaturated/α-hetero) is 1. The normalized spacial score (nSPS) is 9.00. The van der Waals surface area contributed by atoms with Crippen LogP contribution in [0.1, 0.15) is 10.4 Å². The minimum absolute atomic E-state index is 0.0913. The van der Waals surface area contributed by atoms with Gasteiger partial charge in [-0.15, -0.1) is 6.42 Å². The predicted molar refractivity (Wildman–Crippen MR) is 46.1 cm³/mol. The maximum atomic E-state index is 13.0. The van der Waals surface area contributed by atoms with Gasteiger partial charge in [0.1, 0.15) is 0 Å². The first-order valence-corrected chi connectivity index (χ1v) is 3.53. The number of ketones is 1. The van der Waals surface area contributed by atoms with Crippen LogP contribution in [0.3, 0.4) is 0 Å². The Bertz CT molecular complexity index is 377. The second kappa shape index (κ2) is 3.72. The first kappa shape index (κ1) is 9.27. The van der Waals surface area contributed by atoms with E-state index in [1.165, 1.54) is 19.2 Å². The first-order valence-electron chi connectivity index (χ1n) is 3.53. The average molecular weight is 178 g/mol. The lowest BCUT2D eigenvalue weighted by atomic mass is 10.1. The van der Waals surface area contributed by atoms with Crippen LogP contribution in [-0.2, 0) is 0 Å². The van der Waals surface area contributed by atoms with Crippen molar-refractivity contribution >= 4 is 5.78 Å². The van der Waals surface area contributed by atoms with Gasteiger partial charge in [-0.3, -0.25) is 4.79 Å². The Balaban J connectivity index is 3.11. The van der Waals surface area contributed by atoms with Gasteiger partial charge in [-0.25, -0.2) is 4.39 Å². The first-order chi connectivity index (χ1) is 6.19. The van der Waals surface area contributed by atoms with Crippen LogP contribution in [0.5, 0.6) is 5.75 Å². The second-order valence-corrected chi connectivity index (χ2v) is 2.32. The molecule has 2 nitrogen and oxygen atoms in total. The van der Waals surface area contributed by atoms with Crippen LogP contribution in [-0.4, -0.2) is 12.9 Å². The minimum atomic E-state index is -0.594. The van der Waals surface area contributed by atoms with Gasteiger partial charge in [0.2, 0.25) is 5.78 Å². The molecule has 0 aliphatic carbocycles. The molecule has 0 heterocycles. The fraction of sp³-hybridized carbons (Fsp3) is 0.100. The number of ether oxygens (including phenoxy) is 1. The van der Waals surface area contributed by atoms with Crippen molar-refractivity contribution in [1.82, 2.24) is 0 Å². The van der Waals surface area contributed by atoms with E-state index >= 15 is 0 Å². The van der Waals surface area contributed by atoms with Gasteiger partial charge < -0.3 is 4.74 Å². The molecule has 0 saturated heterocycles. The molecule has 0 fully saturated rings. The van der Waals surface area contributed by atoms with Crippen LogP contribution in [0, 0.1) is 18.2 Å². The van der Waals surface area contributed by atoms with E-state index in [4.69, 9.17) is 6.42 Å². The quantitative estimate of drug-likeness (QED) is 0.391. The molecule has 13 heavy (non-hydrogen) atoms. The maximum absolute atomic E-state index is 13.0. The van der Waals surface area contributed by atoms with E-state index in [9.17, 15) is 9.18 Å². The standard InChI is InChI=1S/C10H7FO2/c1-3-9(12)7-4-5-10(13-2)8(11)6-7/h1,4-6H,2H3. The zero-order chi connectivity index (χ0) is 9.84. The van der Waals surface area contributed by atoms with Gasteiger partial charge in [-0.1, -0.05) is 0 Å². The number of hydrogen-bond acceptors (Lipinski definition) is 2. The van der Waals surface area contributed by atoms with E-state index in [0.29, 0.717) is 0 Å². The number of methoxy groups -OCH3 is 1. The van der Waals surface area contributed by atoms with Crippen LogP contribution in [0.2, 0.25) is 0 Å². The highest BCUT2D eigenvalue weighted by molar-refractivity contribution is 6.08. The summed E-state index contributed by atoms with van der Waals surface area (Å²) in [6, 6.07) is 3.84. The molecule has 0 spiro atoms. The van der Waals surface area contributed by atoms with Crippen molar-refractivity contribution in [1.29, 1.82) is 0 Å². The number of carbonyl (C=O) groups is 1. The summed E-state index contributed by atoms with van der Waals surface area (Å²) in [6.45, 7) is 0. The highest BCUT2D eigenvalue weighted by Gasteiger charge is 2.07. The molecule has 1 rings (SSSR count). The van der Waals surface area contributed by atoms with Crippen LogP contribution in [0.15, 0.2) is 18.2 Å². The van der Waals surface area contributed by atoms with E-state index in [-0.39, 0.29) is 11.3 Å². The third-order valence-corrected chi connectivity index (χ3v) is 1.55.